The van der Waals surface area contributed by atoms with Crippen LogP contribution in [0.15, 0.2) is 0 Å². The number of aliphatic hydroxyl groups excluding tert-OH is 3. The molecule has 0 aromatic carbocycles. The summed E-state index contributed by atoms with van der Waals surface area (Å²) in [4.78, 5) is 28.0. The van der Waals surface area contributed by atoms with Crippen LogP contribution < -0.4 is 0 Å². The van der Waals surface area contributed by atoms with Crippen LogP contribution in [0.5, 0.6) is 0 Å². The molecule has 4 unspecified atom stereocenters. The monoisotopic (exact) mass is 625 g/mol. The molecule has 4 atom stereocenters. The average Bonchev–Trinajstić information content (AvgIpc) is 3.03. The molecule has 0 aromatic heterocycles. The molecule has 5 nitrogen and oxygen atoms in total. The van der Waals surface area contributed by atoms with Crippen LogP contribution in [0.25, 0.3) is 0 Å². The van der Waals surface area contributed by atoms with Gasteiger partial charge in [-0.3, -0.25) is 9.59 Å². The predicted molar refractivity (Wildman–Crippen MR) is 187 cm³/mol. The fourth-order valence-electron chi connectivity index (χ4n) is 7.11. The third-order valence-electron chi connectivity index (χ3n) is 10.00. The minimum Gasteiger partial charge on any atom is -0.394 e. The van der Waals surface area contributed by atoms with E-state index in [1.807, 2.05) is 0 Å². The van der Waals surface area contributed by atoms with Crippen LogP contribution in [0.4, 0.5) is 0 Å². The molecule has 0 radical (unpaired) electrons. The van der Waals surface area contributed by atoms with Crippen molar-refractivity contribution in [2.24, 2.45) is 11.3 Å². The topological polar surface area (TPSA) is 94.8 Å². The van der Waals surface area contributed by atoms with Gasteiger partial charge in [-0.2, -0.15) is 0 Å². The number of Topliss-reactive ketones (excluding diaryl/α,β-unsaturated/α-hetero) is 2. The van der Waals surface area contributed by atoms with Gasteiger partial charge in [0.25, 0.3) is 0 Å². The highest BCUT2D eigenvalue weighted by atomic mass is 16.4. The van der Waals surface area contributed by atoms with Crippen LogP contribution in [0.3, 0.4) is 0 Å². The third kappa shape index (κ3) is 18.4. The number of carbonyl (C=O) groups is 2. The van der Waals surface area contributed by atoms with Gasteiger partial charge in [0.1, 0.15) is 6.10 Å². The van der Waals surface area contributed by atoms with Crippen molar-refractivity contribution in [2.45, 2.75) is 220 Å². The molecule has 0 heterocycles. The van der Waals surface area contributed by atoms with Crippen LogP contribution in [0.2, 0.25) is 0 Å². The van der Waals surface area contributed by atoms with Gasteiger partial charge in [0, 0.05) is 6.42 Å². The highest BCUT2D eigenvalue weighted by Gasteiger charge is 2.53. The summed E-state index contributed by atoms with van der Waals surface area (Å²) in [6.07, 6.45) is 25.7. The molecule has 0 spiro atoms. The van der Waals surface area contributed by atoms with Crippen LogP contribution >= 0.6 is 0 Å². The Hall–Kier alpha value is -0.780. The van der Waals surface area contributed by atoms with Crippen molar-refractivity contribution in [3.63, 3.8) is 0 Å². The van der Waals surface area contributed by atoms with Gasteiger partial charge in [0.15, 0.2) is 5.78 Å². The maximum absolute atomic E-state index is 14.4. The molecule has 0 aromatic rings. The van der Waals surface area contributed by atoms with Gasteiger partial charge in [-0.1, -0.05) is 175 Å². The molecule has 0 amide bonds. The fraction of sp³-hybridized carbons (Fsp3) is 0.949. The molecule has 0 aliphatic rings. The highest BCUT2D eigenvalue weighted by Crippen LogP contribution is 2.46. The lowest BCUT2D eigenvalue weighted by atomic mass is 9.60. The Morgan fingerprint density at radius 3 is 1.32 bits per heavy atom. The summed E-state index contributed by atoms with van der Waals surface area (Å²) in [5.41, 5.74) is -1.33. The summed E-state index contributed by atoms with van der Waals surface area (Å²) in [6, 6.07) is 0. The predicted octanol–water partition coefficient (Wildman–Crippen LogP) is 10.4. The Kier molecular flexibility index (Phi) is 29.1. The molecule has 5 heteroatoms. The number of aliphatic hydroxyl groups is 3. The van der Waals surface area contributed by atoms with Gasteiger partial charge in [-0.25, -0.2) is 0 Å². The van der Waals surface area contributed by atoms with E-state index >= 15 is 0 Å². The summed E-state index contributed by atoms with van der Waals surface area (Å²) in [5.74, 6) is -1.03. The first-order valence-corrected chi connectivity index (χ1v) is 19.4. The van der Waals surface area contributed by atoms with Gasteiger partial charge < -0.3 is 15.3 Å². The zero-order valence-electron chi connectivity index (χ0n) is 29.9. The summed E-state index contributed by atoms with van der Waals surface area (Å²) in [6.45, 7) is 8.17. The standard InChI is InChI=1S/C39H76O5/c1-5-9-13-17-19-20-22-24-27-31-35(41)37(43)39(32-28-16-12-8-4,38(44)36(42)33-40)34(29-25-15-11-7-3)30-26-23-21-18-14-10-6-2/h34,36,38,40,42,44H,5-33H2,1-4H3. The molecule has 0 aliphatic heterocycles. The van der Waals surface area contributed by atoms with Gasteiger partial charge in [-0.15, -0.1) is 0 Å². The van der Waals surface area contributed by atoms with Gasteiger partial charge in [0.2, 0.25) is 5.78 Å². The smallest absolute Gasteiger partial charge is 0.207 e. The summed E-state index contributed by atoms with van der Waals surface area (Å²) in [5, 5.41) is 32.5. The van der Waals surface area contributed by atoms with E-state index in [1.165, 1.54) is 70.6 Å². The Labute approximate surface area is 273 Å². The molecule has 0 saturated carbocycles. The van der Waals surface area contributed by atoms with Gasteiger partial charge >= 0.3 is 0 Å². The Bertz CT molecular complexity index is 665. The zero-order valence-corrected chi connectivity index (χ0v) is 29.9. The molecule has 44 heavy (non-hydrogen) atoms. The van der Waals surface area contributed by atoms with Crippen LogP contribution in [0, 0.1) is 11.3 Å². The average molecular weight is 625 g/mol. The first-order chi connectivity index (χ1) is 21.4. The molecule has 3 N–H and O–H groups in total. The first kappa shape index (κ1) is 43.2. The van der Waals surface area contributed by atoms with E-state index in [1.54, 1.807) is 0 Å². The molecule has 0 saturated heterocycles. The maximum Gasteiger partial charge on any atom is 0.207 e. The van der Waals surface area contributed by atoms with E-state index in [0.717, 1.165) is 89.9 Å². The molecule has 0 aliphatic carbocycles. The second-order valence-corrected chi connectivity index (χ2v) is 13.8. The molecule has 262 valence electrons. The van der Waals surface area contributed by atoms with Gasteiger partial charge in [-0.05, 0) is 31.6 Å². The molecule has 0 rings (SSSR count). The van der Waals surface area contributed by atoms with E-state index in [2.05, 4.69) is 27.7 Å². The number of hydrogen-bond donors (Lipinski definition) is 3. The van der Waals surface area contributed by atoms with Crippen molar-refractivity contribution >= 4 is 11.6 Å². The van der Waals surface area contributed by atoms with Crippen LogP contribution in [-0.4, -0.2) is 45.7 Å². The van der Waals surface area contributed by atoms with E-state index in [-0.39, 0.29) is 18.1 Å². The number of unbranched alkanes of at least 4 members (excludes halogenated alkanes) is 20. The number of ketones is 2. The minimum absolute atomic E-state index is 0.174. The van der Waals surface area contributed by atoms with Crippen molar-refractivity contribution in [2.75, 3.05) is 6.61 Å². The van der Waals surface area contributed by atoms with Crippen molar-refractivity contribution in [3.05, 3.63) is 0 Å². The Morgan fingerprint density at radius 1 is 0.523 bits per heavy atom. The van der Waals surface area contributed by atoms with Gasteiger partial charge in [0.05, 0.1) is 18.1 Å². The van der Waals surface area contributed by atoms with Crippen LogP contribution in [-0.2, 0) is 9.59 Å². The second kappa shape index (κ2) is 29.6. The summed E-state index contributed by atoms with van der Waals surface area (Å²) in [7, 11) is 0. The SMILES string of the molecule is CCCCCCCCCCCC(=O)C(=O)C(CCCCCC)(C(CCCCCC)CCCCCCCCC)C(O)C(O)CO. The second-order valence-electron chi connectivity index (χ2n) is 13.8. The minimum atomic E-state index is -1.44. The van der Waals surface area contributed by atoms with Crippen molar-refractivity contribution in [1.29, 1.82) is 0 Å². The first-order valence-electron chi connectivity index (χ1n) is 19.4. The largest absolute Gasteiger partial charge is 0.394 e. The van der Waals surface area contributed by atoms with E-state index in [9.17, 15) is 24.9 Å². The molecule has 0 bridgehead atoms. The summed E-state index contributed by atoms with van der Waals surface area (Å²) < 4.78 is 0. The number of hydrogen-bond acceptors (Lipinski definition) is 5. The highest BCUT2D eigenvalue weighted by molar-refractivity contribution is 6.39. The number of carbonyl (C=O) groups excluding carboxylic acids is 2. The van der Waals surface area contributed by atoms with Crippen molar-refractivity contribution in [3.8, 4) is 0 Å². The molecular formula is C39H76O5. The number of rotatable bonds is 34. The zero-order chi connectivity index (χ0) is 32.9. The maximum atomic E-state index is 14.4. The quantitative estimate of drug-likeness (QED) is 0.0489. The summed E-state index contributed by atoms with van der Waals surface area (Å²) >= 11 is 0. The van der Waals surface area contributed by atoms with Crippen molar-refractivity contribution in [1.82, 2.24) is 0 Å². The van der Waals surface area contributed by atoms with Crippen molar-refractivity contribution < 1.29 is 24.9 Å². The third-order valence-corrected chi connectivity index (χ3v) is 10.00. The molecule has 0 fully saturated rings. The van der Waals surface area contributed by atoms with E-state index < -0.39 is 30.0 Å². The lowest BCUT2D eigenvalue weighted by Gasteiger charge is -2.44. The lowest BCUT2D eigenvalue weighted by Crippen LogP contribution is -2.56. The van der Waals surface area contributed by atoms with E-state index in [4.69, 9.17) is 0 Å². The molecular weight excluding hydrogens is 548 g/mol. The fourth-order valence-corrected chi connectivity index (χ4v) is 7.11. The Morgan fingerprint density at radius 2 is 0.886 bits per heavy atom. The van der Waals surface area contributed by atoms with Crippen LogP contribution in [0.1, 0.15) is 207 Å². The Balaban J connectivity index is 5.90. The normalized spacial score (nSPS) is 15.2. The lowest BCUT2D eigenvalue weighted by molar-refractivity contribution is -0.162. The van der Waals surface area contributed by atoms with E-state index in [0.29, 0.717) is 12.8 Å².